The Labute approximate surface area is 166 Å². The zero-order chi connectivity index (χ0) is 19.6. The van der Waals surface area contributed by atoms with E-state index >= 15 is 0 Å². The van der Waals surface area contributed by atoms with Gasteiger partial charge in [-0.2, -0.15) is 0 Å². The summed E-state index contributed by atoms with van der Waals surface area (Å²) in [6.07, 6.45) is -0.795. The first-order chi connectivity index (χ1) is 12.8. The molecule has 5 nitrogen and oxygen atoms in total. The largest absolute Gasteiger partial charge is 0.386 e. The average Bonchev–Trinajstić information content (AvgIpc) is 2.64. The number of fused-ring (bicyclic) bond motifs is 1. The highest BCUT2D eigenvalue weighted by atomic mass is 79.9. The molecule has 0 aromatic heterocycles. The number of carbonyl (C=O) groups is 1. The van der Waals surface area contributed by atoms with Crippen molar-refractivity contribution in [3.63, 3.8) is 0 Å². The molecule has 0 saturated heterocycles. The summed E-state index contributed by atoms with van der Waals surface area (Å²) in [4.78, 5) is 16.4. The van der Waals surface area contributed by atoms with Crippen molar-refractivity contribution in [2.75, 3.05) is 36.5 Å². The molecule has 0 saturated carbocycles. The lowest BCUT2D eigenvalue weighted by Crippen LogP contribution is -2.47. The van der Waals surface area contributed by atoms with Gasteiger partial charge in [-0.25, -0.2) is 4.39 Å². The third kappa shape index (κ3) is 4.59. The minimum absolute atomic E-state index is 0.157. The zero-order valence-electron chi connectivity index (χ0n) is 15.3. The maximum absolute atomic E-state index is 13.5. The van der Waals surface area contributed by atoms with Gasteiger partial charge in [-0.3, -0.25) is 4.79 Å². The van der Waals surface area contributed by atoms with Gasteiger partial charge in [0.1, 0.15) is 5.82 Å². The van der Waals surface area contributed by atoms with Crippen LogP contribution in [-0.4, -0.2) is 43.7 Å². The number of nitrogens with zero attached hydrogens (tertiary/aromatic N) is 2. The standard InChI is InChI=1S/C20H23BrFN3O2/c1-13(20(27)14-3-5-15(21)6-4-14)23-19(26)12-25-10-9-24(2)18-11-16(22)7-8-17(18)25/h3-8,11,13,20,27H,9-10,12H2,1-2H3,(H,23,26). The SMILES string of the molecule is CC(NC(=O)CN1CCN(C)c2cc(F)ccc21)C(O)c1ccc(Br)cc1. The predicted octanol–water partition coefficient (Wildman–Crippen LogP) is 3.08. The fourth-order valence-electron chi connectivity index (χ4n) is 3.25. The number of carbonyl (C=O) groups excluding carboxylic acids is 1. The van der Waals surface area contributed by atoms with Crippen molar-refractivity contribution >= 4 is 33.2 Å². The number of benzene rings is 2. The van der Waals surface area contributed by atoms with E-state index < -0.39 is 12.1 Å². The quantitative estimate of drug-likeness (QED) is 0.757. The van der Waals surface area contributed by atoms with Crippen molar-refractivity contribution in [2.45, 2.75) is 19.1 Å². The highest BCUT2D eigenvalue weighted by Crippen LogP contribution is 2.32. The Morgan fingerprint density at radius 1 is 1.22 bits per heavy atom. The Morgan fingerprint density at radius 2 is 1.93 bits per heavy atom. The van der Waals surface area contributed by atoms with Crippen LogP contribution >= 0.6 is 15.9 Å². The molecule has 0 fully saturated rings. The summed E-state index contributed by atoms with van der Waals surface area (Å²) in [5.74, 6) is -0.475. The van der Waals surface area contributed by atoms with Gasteiger partial charge in [-0.05, 0) is 42.8 Å². The zero-order valence-corrected chi connectivity index (χ0v) is 16.9. The fourth-order valence-corrected chi connectivity index (χ4v) is 3.51. The van der Waals surface area contributed by atoms with E-state index in [0.29, 0.717) is 13.1 Å². The van der Waals surface area contributed by atoms with Crippen molar-refractivity contribution in [3.05, 3.63) is 58.3 Å². The van der Waals surface area contributed by atoms with Crippen molar-refractivity contribution in [1.29, 1.82) is 0 Å². The lowest BCUT2D eigenvalue weighted by atomic mass is 10.0. The molecule has 1 aliphatic rings. The third-order valence-electron chi connectivity index (χ3n) is 4.80. The first kappa shape index (κ1) is 19.6. The number of halogens is 2. The molecule has 2 aromatic carbocycles. The van der Waals surface area contributed by atoms with Crippen LogP contribution in [0.4, 0.5) is 15.8 Å². The van der Waals surface area contributed by atoms with Crippen molar-refractivity contribution in [3.8, 4) is 0 Å². The van der Waals surface area contributed by atoms with Crippen LogP contribution in [-0.2, 0) is 4.79 Å². The van der Waals surface area contributed by atoms with E-state index in [0.717, 1.165) is 21.4 Å². The Kier molecular flexibility index (Phi) is 6.01. The fraction of sp³-hybridized carbons (Fsp3) is 0.350. The first-order valence-electron chi connectivity index (χ1n) is 8.83. The normalized spacial score (nSPS) is 15.9. The van der Waals surface area contributed by atoms with Gasteiger partial charge in [-0.1, -0.05) is 28.1 Å². The van der Waals surface area contributed by atoms with Crippen LogP contribution in [0.5, 0.6) is 0 Å². The molecule has 0 aliphatic carbocycles. The molecule has 1 aliphatic heterocycles. The van der Waals surface area contributed by atoms with Gasteiger partial charge in [0, 0.05) is 24.6 Å². The van der Waals surface area contributed by atoms with E-state index in [1.165, 1.54) is 12.1 Å². The van der Waals surface area contributed by atoms with E-state index in [9.17, 15) is 14.3 Å². The molecule has 0 radical (unpaired) electrons. The maximum Gasteiger partial charge on any atom is 0.239 e. The number of aliphatic hydroxyl groups is 1. The topological polar surface area (TPSA) is 55.8 Å². The van der Waals surface area contributed by atoms with Crippen LogP contribution in [0.1, 0.15) is 18.6 Å². The van der Waals surface area contributed by atoms with Gasteiger partial charge >= 0.3 is 0 Å². The molecule has 2 aromatic rings. The van der Waals surface area contributed by atoms with E-state index in [1.54, 1.807) is 13.0 Å². The monoisotopic (exact) mass is 435 g/mol. The number of aliphatic hydroxyl groups excluding tert-OH is 1. The summed E-state index contributed by atoms with van der Waals surface area (Å²) in [5.41, 5.74) is 2.35. The summed E-state index contributed by atoms with van der Waals surface area (Å²) >= 11 is 3.37. The second-order valence-electron chi connectivity index (χ2n) is 6.83. The van der Waals surface area contributed by atoms with Crippen LogP contribution in [0.3, 0.4) is 0 Å². The second-order valence-corrected chi connectivity index (χ2v) is 7.74. The third-order valence-corrected chi connectivity index (χ3v) is 5.33. The van der Waals surface area contributed by atoms with Crippen LogP contribution in [0.25, 0.3) is 0 Å². The molecule has 0 spiro atoms. The molecular formula is C20H23BrFN3O2. The average molecular weight is 436 g/mol. The molecule has 144 valence electrons. The lowest BCUT2D eigenvalue weighted by Gasteiger charge is -2.36. The van der Waals surface area contributed by atoms with Crippen molar-refractivity contribution in [2.24, 2.45) is 0 Å². The summed E-state index contributed by atoms with van der Waals surface area (Å²) < 4.78 is 14.5. The lowest BCUT2D eigenvalue weighted by molar-refractivity contribution is -0.121. The smallest absolute Gasteiger partial charge is 0.239 e. The Morgan fingerprint density at radius 3 is 2.63 bits per heavy atom. The van der Waals surface area contributed by atoms with Gasteiger partial charge in [0.15, 0.2) is 0 Å². The maximum atomic E-state index is 13.5. The molecule has 2 N–H and O–H groups in total. The molecule has 0 bridgehead atoms. The Bertz CT molecular complexity index is 815. The number of anilines is 2. The summed E-state index contributed by atoms with van der Waals surface area (Å²) in [5, 5.41) is 13.3. The second kappa shape index (κ2) is 8.27. The molecular weight excluding hydrogens is 413 g/mol. The number of nitrogens with one attached hydrogen (secondary N) is 1. The molecule has 2 unspecified atom stereocenters. The Balaban J connectivity index is 1.64. The van der Waals surface area contributed by atoms with E-state index in [2.05, 4.69) is 21.2 Å². The number of likely N-dealkylation sites (N-methyl/N-ethyl adjacent to an activating group) is 1. The van der Waals surface area contributed by atoms with E-state index in [1.807, 2.05) is 41.1 Å². The molecule has 2 atom stereocenters. The van der Waals surface area contributed by atoms with Crippen LogP contribution in [0, 0.1) is 5.82 Å². The van der Waals surface area contributed by atoms with Gasteiger partial charge in [0.05, 0.1) is 30.1 Å². The highest BCUT2D eigenvalue weighted by Gasteiger charge is 2.24. The molecule has 27 heavy (non-hydrogen) atoms. The predicted molar refractivity (Wildman–Crippen MR) is 109 cm³/mol. The van der Waals surface area contributed by atoms with Gasteiger partial charge in [0.25, 0.3) is 0 Å². The first-order valence-corrected chi connectivity index (χ1v) is 9.63. The summed E-state index contributed by atoms with van der Waals surface area (Å²) in [6, 6.07) is 11.5. The minimum Gasteiger partial charge on any atom is -0.386 e. The number of amides is 1. The van der Waals surface area contributed by atoms with Crippen molar-refractivity contribution < 1.29 is 14.3 Å². The van der Waals surface area contributed by atoms with E-state index in [4.69, 9.17) is 0 Å². The minimum atomic E-state index is -0.795. The molecule has 1 amide bonds. The highest BCUT2D eigenvalue weighted by molar-refractivity contribution is 9.10. The number of hydrogen-bond donors (Lipinski definition) is 2. The van der Waals surface area contributed by atoms with Gasteiger partial charge in [-0.15, -0.1) is 0 Å². The molecule has 1 heterocycles. The number of rotatable bonds is 5. The van der Waals surface area contributed by atoms with Gasteiger partial charge in [0.2, 0.25) is 5.91 Å². The Hall–Kier alpha value is -2.12. The molecule has 7 heteroatoms. The van der Waals surface area contributed by atoms with Crippen molar-refractivity contribution in [1.82, 2.24) is 5.32 Å². The van der Waals surface area contributed by atoms with Crippen LogP contribution in [0.15, 0.2) is 46.9 Å². The van der Waals surface area contributed by atoms with Gasteiger partial charge < -0.3 is 20.2 Å². The summed E-state index contributed by atoms with van der Waals surface area (Å²) in [6.45, 7) is 3.31. The summed E-state index contributed by atoms with van der Waals surface area (Å²) in [7, 11) is 1.91. The van der Waals surface area contributed by atoms with Crippen LogP contribution < -0.4 is 15.1 Å². The van der Waals surface area contributed by atoms with E-state index in [-0.39, 0.29) is 18.3 Å². The number of hydrogen-bond acceptors (Lipinski definition) is 4. The molecule has 3 rings (SSSR count). The van der Waals surface area contributed by atoms with Crippen LogP contribution in [0.2, 0.25) is 0 Å².